The standard InChI is InChI=1S/C18H17Cl2N3OS/c1-11-4-3-5-16(12(11)2)21-18(25)23-22-17(24)9-7-13-6-8-14(19)10-15(13)20/h3-10H,1-2H3,(H,22,24)(H2,21,23,25)/b9-7+. The number of carbonyl (C=O) groups excluding carboxylic acids is 1. The summed E-state index contributed by atoms with van der Waals surface area (Å²) in [6, 6.07) is 10.9. The summed E-state index contributed by atoms with van der Waals surface area (Å²) in [6.07, 6.45) is 2.94. The fourth-order valence-corrected chi connectivity index (χ4v) is 2.63. The Morgan fingerprint density at radius 1 is 1.12 bits per heavy atom. The predicted octanol–water partition coefficient (Wildman–Crippen LogP) is 4.64. The van der Waals surface area contributed by atoms with Crippen molar-refractivity contribution in [3.63, 3.8) is 0 Å². The van der Waals surface area contributed by atoms with E-state index in [-0.39, 0.29) is 5.91 Å². The van der Waals surface area contributed by atoms with Gasteiger partial charge in [0.15, 0.2) is 5.11 Å². The highest BCUT2D eigenvalue weighted by Gasteiger charge is 2.04. The molecule has 0 atom stereocenters. The van der Waals surface area contributed by atoms with Gasteiger partial charge in [0.1, 0.15) is 0 Å². The molecule has 0 aliphatic heterocycles. The van der Waals surface area contributed by atoms with Crippen molar-refractivity contribution in [1.82, 2.24) is 10.9 Å². The molecule has 3 N–H and O–H groups in total. The van der Waals surface area contributed by atoms with E-state index in [1.165, 1.54) is 6.08 Å². The van der Waals surface area contributed by atoms with E-state index in [0.29, 0.717) is 20.7 Å². The van der Waals surface area contributed by atoms with Gasteiger partial charge in [-0.3, -0.25) is 15.6 Å². The minimum atomic E-state index is -0.365. The third-order valence-electron chi connectivity index (χ3n) is 3.53. The molecule has 0 aliphatic rings. The fraction of sp³-hybridized carbons (Fsp3) is 0.111. The molecule has 4 nitrogen and oxygen atoms in total. The van der Waals surface area contributed by atoms with Crippen LogP contribution in [-0.4, -0.2) is 11.0 Å². The summed E-state index contributed by atoms with van der Waals surface area (Å²) in [6.45, 7) is 4.02. The van der Waals surface area contributed by atoms with Gasteiger partial charge in [-0.2, -0.15) is 0 Å². The largest absolute Gasteiger partial charge is 0.331 e. The molecule has 1 amide bonds. The van der Waals surface area contributed by atoms with Gasteiger partial charge in [-0.05, 0) is 67.0 Å². The Labute approximate surface area is 162 Å². The lowest BCUT2D eigenvalue weighted by Crippen LogP contribution is -2.43. The van der Waals surface area contributed by atoms with Crippen molar-refractivity contribution in [1.29, 1.82) is 0 Å². The number of halogens is 2. The molecule has 0 bridgehead atoms. The number of hydrazine groups is 1. The van der Waals surface area contributed by atoms with Crippen LogP contribution in [-0.2, 0) is 4.79 Å². The highest BCUT2D eigenvalue weighted by atomic mass is 35.5. The zero-order valence-corrected chi connectivity index (χ0v) is 16.0. The third-order valence-corrected chi connectivity index (χ3v) is 4.30. The SMILES string of the molecule is Cc1cccc(NC(=S)NNC(=O)/C=C/c2ccc(Cl)cc2Cl)c1C. The molecule has 2 aromatic carbocycles. The number of aryl methyl sites for hydroxylation is 1. The second kappa shape index (κ2) is 8.85. The maximum Gasteiger partial charge on any atom is 0.262 e. The van der Waals surface area contributed by atoms with Crippen LogP contribution < -0.4 is 16.2 Å². The van der Waals surface area contributed by atoms with Crippen molar-refractivity contribution in [2.24, 2.45) is 0 Å². The molecular weight excluding hydrogens is 377 g/mol. The zero-order valence-electron chi connectivity index (χ0n) is 13.7. The first-order chi connectivity index (χ1) is 11.9. The number of thiocarbonyl (C=S) groups is 1. The Bertz CT molecular complexity index is 837. The van der Waals surface area contributed by atoms with Crippen LogP contribution in [0.1, 0.15) is 16.7 Å². The van der Waals surface area contributed by atoms with Gasteiger partial charge in [0, 0.05) is 21.8 Å². The normalized spacial score (nSPS) is 10.6. The molecule has 0 saturated carbocycles. The van der Waals surface area contributed by atoms with Gasteiger partial charge in [0.2, 0.25) is 0 Å². The van der Waals surface area contributed by atoms with E-state index >= 15 is 0 Å². The van der Waals surface area contributed by atoms with Gasteiger partial charge in [0.05, 0.1) is 0 Å². The average molecular weight is 394 g/mol. The summed E-state index contributed by atoms with van der Waals surface area (Å²) < 4.78 is 0. The first-order valence-corrected chi connectivity index (χ1v) is 8.59. The summed E-state index contributed by atoms with van der Waals surface area (Å²) in [5, 5.41) is 4.34. The molecule has 0 unspecified atom stereocenters. The summed E-state index contributed by atoms with van der Waals surface area (Å²) in [5.74, 6) is -0.365. The summed E-state index contributed by atoms with van der Waals surface area (Å²) in [4.78, 5) is 11.9. The van der Waals surface area contributed by atoms with Gasteiger partial charge in [-0.15, -0.1) is 0 Å². The Morgan fingerprint density at radius 3 is 2.60 bits per heavy atom. The molecule has 2 aromatic rings. The summed E-state index contributed by atoms with van der Waals surface area (Å²) in [7, 11) is 0. The second-order valence-electron chi connectivity index (χ2n) is 5.32. The Kier molecular flexibility index (Phi) is 6.82. The minimum absolute atomic E-state index is 0.292. The van der Waals surface area contributed by atoms with E-state index < -0.39 is 0 Å². The molecule has 0 aromatic heterocycles. The molecule has 2 rings (SSSR count). The number of anilines is 1. The molecular formula is C18H17Cl2N3OS. The number of amides is 1. The van der Waals surface area contributed by atoms with Crippen LogP contribution in [0.3, 0.4) is 0 Å². The summed E-state index contributed by atoms with van der Waals surface area (Å²) >= 11 is 17.1. The molecule has 0 saturated heterocycles. The lowest BCUT2D eigenvalue weighted by Gasteiger charge is -2.13. The van der Waals surface area contributed by atoms with Crippen molar-refractivity contribution in [2.75, 3.05) is 5.32 Å². The first kappa shape index (κ1) is 19.2. The summed E-state index contributed by atoms with van der Waals surface area (Å²) in [5.41, 5.74) is 8.96. The third kappa shape index (κ3) is 5.74. The monoisotopic (exact) mass is 393 g/mol. The van der Waals surface area contributed by atoms with Gasteiger partial charge in [-0.1, -0.05) is 41.4 Å². The number of rotatable bonds is 3. The number of hydrogen-bond acceptors (Lipinski definition) is 2. The van der Waals surface area contributed by atoms with Gasteiger partial charge in [0.25, 0.3) is 5.91 Å². The second-order valence-corrected chi connectivity index (χ2v) is 6.57. The van der Waals surface area contributed by atoms with E-state index in [4.69, 9.17) is 35.4 Å². The molecule has 7 heteroatoms. The van der Waals surface area contributed by atoms with Gasteiger partial charge in [-0.25, -0.2) is 0 Å². The molecule has 0 aliphatic carbocycles. The highest BCUT2D eigenvalue weighted by molar-refractivity contribution is 7.80. The molecule has 0 spiro atoms. The van der Waals surface area contributed by atoms with Crippen LogP contribution in [0, 0.1) is 13.8 Å². The smallest absolute Gasteiger partial charge is 0.262 e. The van der Waals surface area contributed by atoms with Gasteiger partial charge < -0.3 is 5.32 Å². The maximum atomic E-state index is 11.9. The average Bonchev–Trinajstić information content (AvgIpc) is 2.56. The predicted molar refractivity (Wildman–Crippen MR) is 109 cm³/mol. The molecule has 0 radical (unpaired) electrons. The minimum Gasteiger partial charge on any atom is -0.331 e. The Hall–Kier alpha value is -2.08. The molecule has 25 heavy (non-hydrogen) atoms. The number of nitrogens with one attached hydrogen (secondary N) is 3. The topological polar surface area (TPSA) is 53.2 Å². The van der Waals surface area contributed by atoms with Crippen LogP contribution in [0.25, 0.3) is 6.08 Å². The molecule has 0 heterocycles. The number of benzene rings is 2. The van der Waals surface area contributed by atoms with E-state index in [1.807, 2.05) is 32.0 Å². The van der Waals surface area contributed by atoms with E-state index in [2.05, 4.69) is 16.2 Å². The van der Waals surface area contributed by atoms with E-state index in [9.17, 15) is 4.79 Å². The zero-order chi connectivity index (χ0) is 18.4. The molecule has 130 valence electrons. The van der Waals surface area contributed by atoms with E-state index in [0.717, 1.165) is 16.8 Å². The van der Waals surface area contributed by atoms with Crippen molar-refractivity contribution in [2.45, 2.75) is 13.8 Å². The maximum absolute atomic E-state index is 11.9. The van der Waals surface area contributed by atoms with Crippen LogP contribution in [0.15, 0.2) is 42.5 Å². The van der Waals surface area contributed by atoms with Crippen LogP contribution >= 0.6 is 35.4 Å². The Balaban J connectivity index is 1.88. The number of carbonyl (C=O) groups is 1. The van der Waals surface area contributed by atoms with Crippen molar-refractivity contribution in [3.8, 4) is 0 Å². The van der Waals surface area contributed by atoms with Crippen molar-refractivity contribution < 1.29 is 4.79 Å². The fourth-order valence-electron chi connectivity index (χ4n) is 2.00. The van der Waals surface area contributed by atoms with Crippen LogP contribution in [0.2, 0.25) is 10.0 Å². The Morgan fingerprint density at radius 2 is 1.88 bits per heavy atom. The lowest BCUT2D eigenvalue weighted by molar-refractivity contribution is -0.116. The van der Waals surface area contributed by atoms with Gasteiger partial charge >= 0.3 is 0 Å². The highest BCUT2D eigenvalue weighted by Crippen LogP contribution is 2.22. The van der Waals surface area contributed by atoms with Crippen molar-refractivity contribution in [3.05, 3.63) is 69.2 Å². The van der Waals surface area contributed by atoms with Crippen LogP contribution in [0.4, 0.5) is 5.69 Å². The molecule has 0 fully saturated rings. The lowest BCUT2D eigenvalue weighted by atomic mass is 10.1. The van der Waals surface area contributed by atoms with Crippen LogP contribution in [0.5, 0.6) is 0 Å². The van der Waals surface area contributed by atoms with E-state index in [1.54, 1.807) is 24.3 Å². The quantitative estimate of drug-likeness (QED) is 0.403. The first-order valence-electron chi connectivity index (χ1n) is 7.43. The number of hydrogen-bond donors (Lipinski definition) is 3. The van der Waals surface area contributed by atoms with Crippen molar-refractivity contribution >= 4 is 58.2 Å².